The number of pyridine rings is 1. The molecule has 1 aromatic carbocycles. The minimum Gasteiger partial charge on any atom is -0.345 e. The first-order valence-corrected chi connectivity index (χ1v) is 6.68. The van der Waals surface area contributed by atoms with Crippen LogP contribution in [0.4, 0.5) is 0 Å². The van der Waals surface area contributed by atoms with E-state index in [1.807, 2.05) is 0 Å². The highest BCUT2D eigenvalue weighted by atomic mass is 35.5. The van der Waals surface area contributed by atoms with Gasteiger partial charge in [-0.2, -0.15) is 0 Å². The van der Waals surface area contributed by atoms with Crippen LogP contribution in [0.3, 0.4) is 0 Å². The molecule has 0 aliphatic carbocycles. The Labute approximate surface area is 125 Å². The average Bonchev–Trinajstić information content (AvgIpc) is 2.38. The van der Waals surface area contributed by atoms with Crippen LogP contribution in [0.5, 0.6) is 0 Å². The van der Waals surface area contributed by atoms with E-state index in [2.05, 4.69) is 10.3 Å². The van der Waals surface area contributed by atoms with Crippen molar-refractivity contribution in [2.75, 3.05) is 0 Å². The van der Waals surface area contributed by atoms with Gasteiger partial charge in [-0.1, -0.05) is 29.3 Å². The highest BCUT2D eigenvalue weighted by molar-refractivity contribution is 6.35. The number of benzene rings is 1. The fraction of sp³-hybridized carbons (Fsp3) is 0.143. The smallest absolute Gasteiger partial charge is 0.260 e. The molecule has 104 valence electrons. The largest absolute Gasteiger partial charge is 0.345 e. The molecular formula is C14H12Cl2N2O2. The van der Waals surface area contributed by atoms with Crippen LogP contribution in [0.15, 0.2) is 41.3 Å². The summed E-state index contributed by atoms with van der Waals surface area (Å²) in [6.45, 7) is 1.78. The molecule has 0 radical (unpaired) electrons. The van der Waals surface area contributed by atoms with E-state index in [1.54, 1.807) is 31.2 Å². The van der Waals surface area contributed by atoms with Crippen molar-refractivity contribution in [3.63, 3.8) is 0 Å². The van der Waals surface area contributed by atoms with Gasteiger partial charge in [0.1, 0.15) is 5.56 Å². The molecule has 0 saturated heterocycles. The number of halogens is 2. The Morgan fingerprint density at radius 2 is 2.05 bits per heavy atom. The van der Waals surface area contributed by atoms with Gasteiger partial charge in [-0.3, -0.25) is 9.59 Å². The lowest BCUT2D eigenvalue weighted by atomic mass is 10.1. The zero-order valence-electron chi connectivity index (χ0n) is 10.6. The van der Waals surface area contributed by atoms with E-state index in [-0.39, 0.29) is 11.6 Å². The number of rotatable bonds is 3. The second kappa shape index (κ2) is 6.11. The van der Waals surface area contributed by atoms with Gasteiger partial charge in [-0.15, -0.1) is 0 Å². The van der Waals surface area contributed by atoms with Crippen molar-refractivity contribution in [3.8, 4) is 0 Å². The third-order valence-electron chi connectivity index (χ3n) is 2.84. The van der Waals surface area contributed by atoms with E-state index in [0.29, 0.717) is 10.0 Å². The van der Waals surface area contributed by atoms with Crippen molar-refractivity contribution in [2.24, 2.45) is 0 Å². The van der Waals surface area contributed by atoms with Crippen LogP contribution in [0.25, 0.3) is 0 Å². The number of carbonyl (C=O) groups excluding carboxylic acids is 1. The fourth-order valence-corrected chi connectivity index (χ4v) is 2.38. The van der Waals surface area contributed by atoms with Crippen LogP contribution in [-0.2, 0) is 0 Å². The zero-order valence-corrected chi connectivity index (χ0v) is 12.1. The highest BCUT2D eigenvalue weighted by Crippen LogP contribution is 2.26. The molecule has 1 amide bonds. The molecule has 2 N–H and O–H groups in total. The minimum absolute atomic E-state index is 0.0597. The van der Waals surface area contributed by atoms with Crippen LogP contribution in [0.2, 0.25) is 10.0 Å². The van der Waals surface area contributed by atoms with E-state index < -0.39 is 11.5 Å². The van der Waals surface area contributed by atoms with Crippen molar-refractivity contribution in [2.45, 2.75) is 13.0 Å². The number of hydrogen-bond donors (Lipinski definition) is 2. The molecule has 1 aromatic heterocycles. The summed E-state index contributed by atoms with van der Waals surface area (Å²) in [5.74, 6) is -0.453. The predicted molar refractivity (Wildman–Crippen MR) is 79.4 cm³/mol. The second-order valence-electron chi connectivity index (χ2n) is 4.27. The molecule has 0 aliphatic rings. The first-order chi connectivity index (χ1) is 9.49. The maximum Gasteiger partial charge on any atom is 0.260 e. The minimum atomic E-state index is -0.453. The third-order valence-corrected chi connectivity index (χ3v) is 3.40. The summed E-state index contributed by atoms with van der Waals surface area (Å²) < 4.78 is 0. The number of aromatic amines is 1. The maximum absolute atomic E-state index is 12.0. The number of carbonyl (C=O) groups is 1. The molecule has 1 heterocycles. The summed E-state index contributed by atoms with van der Waals surface area (Å²) in [5, 5.41) is 3.72. The van der Waals surface area contributed by atoms with Gasteiger partial charge >= 0.3 is 0 Å². The molecule has 6 heteroatoms. The molecule has 0 unspecified atom stereocenters. The zero-order chi connectivity index (χ0) is 14.7. The summed E-state index contributed by atoms with van der Waals surface area (Å²) in [4.78, 5) is 26.0. The van der Waals surface area contributed by atoms with Crippen molar-refractivity contribution in [1.29, 1.82) is 0 Å². The molecule has 4 nitrogen and oxygen atoms in total. The van der Waals surface area contributed by atoms with Crippen LogP contribution in [-0.4, -0.2) is 10.9 Å². The topological polar surface area (TPSA) is 62.0 Å². The second-order valence-corrected chi connectivity index (χ2v) is 5.12. The highest BCUT2D eigenvalue weighted by Gasteiger charge is 2.16. The molecule has 0 saturated carbocycles. The summed E-state index contributed by atoms with van der Waals surface area (Å²) >= 11 is 11.9. The molecule has 20 heavy (non-hydrogen) atoms. The Balaban J connectivity index is 2.20. The normalized spacial score (nSPS) is 11.9. The molecule has 0 fully saturated rings. The molecule has 0 spiro atoms. The number of H-pyrrole nitrogens is 1. The number of hydrogen-bond acceptors (Lipinski definition) is 2. The van der Waals surface area contributed by atoms with Gasteiger partial charge in [0.25, 0.3) is 11.5 Å². The van der Waals surface area contributed by atoms with E-state index in [9.17, 15) is 9.59 Å². The number of nitrogens with one attached hydrogen (secondary N) is 2. The van der Waals surface area contributed by atoms with E-state index in [0.717, 1.165) is 5.56 Å². The van der Waals surface area contributed by atoms with Gasteiger partial charge < -0.3 is 10.3 Å². The Kier molecular flexibility index (Phi) is 4.47. The quantitative estimate of drug-likeness (QED) is 0.914. The molecule has 0 bridgehead atoms. The summed E-state index contributed by atoms with van der Waals surface area (Å²) in [6.07, 6.45) is 1.47. The lowest BCUT2D eigenvalue weighted by Crippen LogP contribution is -2.31. The molecule has 2 rings (SSSR count). The Hall–Kier alpha value is -1.78. The predicted octanol–water partition coefficient (Wildman–Crippen LogP) is 3.17. The Morgan fingerprint density at radius 3 is 2.70 bits per heavy atom. The summed E-state index contributed by atoms with van der Waals surface area (Å²) in [5.41, 5.74) is 0.362. The molecule has 2 aromatic rings. The van der Waals surface area contributed by atoms with E-state index in [4.69, 9.17) is 23.2 Å². The maximum atomic E-state index is 12.0. The SMILES string of the molecule is C[C@@H](NC(=O)c1ccc[nH]c1=O)c1ccc(Cl)cc1Cl. The van der Waals surface area contributed by atoms with Crippen LogP contribution >= 0.6 is 23.2 Å². The lowest BCUT2D eigenvalue weighted by Gasteiger charge is -2.15. The first kappa shape index (κ1) is 14.6. The van der Waals surface area contributed by atoms with E-state index >= 15 is 0 Å². The van der Waals surface area contributed by atoms with Crippen LogP contribution in [0.1, 0.15) is 28.9 Å². The third kappa shape index (κ3) is 3.21. The van der Waals surface area contributed by atoms with Gasteiger partial charge in [0, 0.05) is 16.2 Å². The van der Waals surface area contributed by atoms with Gasteiger partial charge in [0.2, 0.25) is 0 Å². The van der Waals surface area contributed by atoms with Gasteiger partial charge in [-0.05, 0) is 36.8 Å². The first-order valence-electron chi connectivity index (χ1n) is 5.92. The van der Waals surface area contributed by atoms with Gasteiger partial charge in [-0.25, -0.2) is 0 Å². The monoisotopic (exact) mass is 310 g/mol. The van der Waals surface area contributed by atoms with Gasteiger partial charge in [0.05, 0.1) is 6.04 Å². The Morgan fingerprint density at radius 1 is 1.30 bits per heavy atom. The van der Waals surface area contributed by atoms with Crippen LogP contribution < -0.4 is 10.9 Å². The van der Waals surface area contributed by atoms with E-state index in [1.165, 1.54) is 12.3 Å². The Bertz CT molecular complexity index is 698. The van der Waals surface area contributed by atoms with Crippen molar-refractivity contribution >= 4 is 29.1 Å². The lowest BCUT2D eigenvalue weighted by molar-refractivity contribution is 0.0938. The number of amides is 1. The summed E-state index contributed by atoms with van der Waals surface area (Å²) in [7, 11) is 0. The van der Waals surface area contributed by atoms with Gasteiger partial charge in [0.15, 0.2) is 0 Å². The van der Waals surface area contributed by atoms with Crippen molar-refractivity contribution < 1.29 is 4.79 Å². The van der Waals surface area contributed by atoms with Crippen molar-refractivity contribution in [1.82, 2.24) is 10.3 Å². The fourth-order valence-electron chi connectivity index (χ4n) is 1.81. The molecule has 0 aliphatic heterocycles. The number of aromatic nitrogens is 1. The summed E-state index contributed by atoms with van der Waals surface area (Å²) in [6, 6.07) is 7.76. The molecule has 1 atom stereocenters. The van der Waals surface area contributed by atoms with Crippen molar-refractivity contribution in [3.05, 3.63) is 68.1 Å². The standard InChI is InChI=1S/C14H12Cl2N2O2/c1-8(10-5-4-9(15)7-12(10)16)18-14(20)11-3-2-6-17-13(11)19/h2-8H,1H3,(H,17,19)(H,18,20)/t8-/m1/s1. The average molecular weight is 311 g/mol. The molecular weight excluding hydrogens is 299 g/mol. The van der Waals surface area contributed by atoms with Crippen LogP contribution in [0, 0.1) is 0 Å².